The Kier molecular flexibility index (Phi) is 11.9. The molecule has 2 heterocycles. The van der Waals surface area contributed by atoms with Gasteiger partial charge in [0.1, 0.15) is 12.4 Å². The highest BCUT2D eigenvalue weighted by atomic mass is 127. The zero-order valence-corrected chi connectivity index (χ0v) is 19.8. The van der Waals surface area contributed by atoms with Gasteiger partial charge in [-0.3, -0.25) is 0 Å². The molecule has 0 aliphatic carbocycles. The Balaban J connectivity index is 0.00000392. The average Bonchev–Trinajstić information content (AvgIpc) is 3.02. The molecular weight excluding hydrogens is 475 g/mol. The first-order valence-electron chi connectivity index (χ1n) is 9.68. The second-order valence-corrected chi connectivity index (χ2v) is 6.72. The highest BCUT2D eigenvalue weighted by Gasteiger charge is 2.32. The summed E-state index contributed by atoms with van der Waals surface area (Å²) in [6.07, 6.45) is 2.66. The van der Waals surface area contributed by atoms with Crippen LogP contribution in [0.25, 0.3) is 0 Å². The minimum atomic E-state index is -0.215. The van der Waals surface area contributed by atoms with Crippen molar-refractivity contribution >= 4 is 29.9 Å². The highest BCUT2D eigenvalue weighted by molar-refractivity contribution is 14.0. The van der Waals surface area contributed by atoms with E-state index in [2.05, 4.69) is 25.8 Å². The predicted molar refractivity (Wildman–Crippen MR) is 119 cm³/mol. The Morgan fingerprint density at radius 2 is 2.04 bits per heavy atom. The minimum Gasteiger partial charge on any atom is -0.382 e. The van der Waals surface area contributed by atoms with Gasteiger partial charge in [-0.25, -0.2) is 4.99 Å². The van der Waals surface area contributed by atoms with Crippen LogP contribution in [0.1, 0.15) is 37.8 Å². The van der Waals surface area contributed by atoms with E-state index in [1.807, 2.05) is 25.5 Å². The molecule has 0 saturated carbocycles. The topological polar surface area (TPSA) is 94.8 Å². The number of hydrogen-bond donors (Lipinski definition) is 2. The van der Waals surface area contributed by atoms with Crippen LogP contribution >= 0.6 is 24.0 Å². The van der Waals surface area contributed by atoms with Crippen LogP contribution in [0.15, 0.2) is 4.99 Å². The fourth-order valence-corrected chi connectivity index (χ4v) is 2.88. The Morgan fingerprint density at radius 1 is 1.29 bits per heavy atom. The van der Waals surface area contributed by atoms with Crippen LogP contribution < -0.4 is 10.6 Å². The first-order valence-corrected chi connectivity index (χ1v) is 9.68. The molecule has 2 rings (SSSR count). The Morgan fingerprint density at radius 3 is 2.64 bits per heavy atom. The van der Waals surface area contributed by atoms with Gasteiger partial charge in [-0.1, -0.05) is 0 Å². The molecule has 1 fully saturated rings. The standard InChI is InChI=1S/C18H34N6O3.HI/c1-5-26-10-6-9-19-17(20-13-16-23-22-15(2)24(16)3)21-14-18(25-4)7-11-27-12-8-18;/h5-14H2,1-4H3,(H2,19,20,21);1H. The van der Waals surface area contributed by atoms with Gasteiger partial charge in [-0.2, -0.15) is 0 Å². The lowest BCUT2D eigenvalue weighted by atomic mass is 9.94. The van der Waals surface area contributed by atoms with Crippen LogP contribution in [0, 0.1) is 6.92 Å². The van der Waals surface area contributed by atoms with E-state index in [4.69, 9.17) is 14.2 Å². The number of nitrogens with one attached hydrogen (secondary N) is 2. The van der Waals surface area contributed by atoms with Crippen molar-refractivity contribution in [2.24, 2.45) is 12.0 Å². The molecule has 0 radical (unpaired) electrons. The second kappa shape index (κ2) is 13.3. The first-order chi connectivity index (χ1) is 13.1. The lowest BCUT2D eigenvalue weighted by molar-refractivity contribution is -0.0855. The van der Waals surface area contributed by atoms with Gasteiger partial charge in [-0.05, 0) is 20.3 Å². The molecule has 1 aliphatic heterocycles. The van der Waals surface area contributed by atoms with Crippen LogP contribution in [0.2, 0.25) is 0 Å². The van der Waals surface area contributed by atoms with Crippen molar-refractivity contribution in [1.82, 2.24) is 25.4 Å². The summed E-state index contributed by atoms with van der Waals surface area (Å²) in [7, 11) is 3.71. The number of ether oxygens (including phenoxy) is 3. The number of methoxy groups -OCH3 is 1. The molecular formula is C18H35IN6O3. The number of aryl methyl sites for hydroxylation is 1. The van der Waals surface area contributed by atoms with Crippen molar-refractivity contribution in [2.75, 3.05) is 46.6 Å². The number of halogens is 1. The lowest BCUT2D eigenvalue weighted by Gasteiger charge is -2.36. The fourth-order valence-electron chi connectivity index (χ4n) is 2.88. The number of aromatic nitrogens is 3. The van der Waals surface area contributed by atoms with Crippen molar-refractivity contribution < 1.29 is 14.2 Å². The largest absolute Gasteiger partial charge is 0.382 e. The molecule has 0 aromatic carbocycles. The van der Waals surface area contributed by atoms with Gasteiger partial charge >= 0.3 is 0 Å². The predicted octanol–water partition coefficient (Wildman–Crippen LogP) is 1.40. The van der Waals surface area contributed by atoms with Crippen LogP contribution in [-0.4, -0.2) is 73.0 Å². The lowest BCUT2D eigenvalue weighted by Crippen LogP contribution is -2.51. The molecule has 1 aromatic rings. The number of hydrogen-bond acceptors (Lipinski definition) is 6. The molecule has 10 heteroatoms. The molecule has 9 nitrogen and oxygen atoms in total. The summed E-state index contributed by atoms with van der Waals surface area (Å²) in [5.41, 5.74) is -0.215. The SMILES string of the molecule is CCOCCCNC(=NCc1nnc(C)n1C)NCC1(OC)CCOCC1.I. The maximum atomic E-state index is 5.80. The molecule has 1 aliphatic rings. The maximum absolute atomic E-state index is 5.80. The Labute approximate surface area is 185 Å². The summed E-state index contributed by atoms with van der Waals surface area (Å²) in [5.74, 6) is 2.45. The van der Waals surface area contributed by atoms with Gasteiger partial charge < -0.3 is 29.4 Å². The van der Waals surface area contributed by atoms with Gasteiger partial charge in [0.2, 0.25) is 0 Å². The number of guanidine groups is 1. The monoisotopic (exact) mass is 510 g/mol. The van der Waals surface area contributed by atoms with E-state index >= 15 is 0 Å². The second-order valence-electron chi connectivity index (χ2n) is 6.72. The van der Waals surface area contributed by atoms with Crippen LogP contribution in [0.4, 0.5) is 0 Å². The molecule has 2 N–H and O–H groups in total. The van der Waals surface area contributed by atoms with Crippen molar-refractivity contribution in [3.8, 4) is 0 Å². The van der Waals surface area contributed by atoms with Crippen LogP contribution in [0.5, 0.6) is 0 Å². The average molecular weight is 510 g/mol. The molecule has 0 atom stereocenters. The summed E-state index contributed by atoms with van der Waals surface area (Å²) in [6, 6.07) is 0. The Hall–Kier alpha value is -0.980. The molecule has 0 bridgehead atoms. The van der Waals surface area contributed by atoms with Crippen LogP contribution in [0.3, 0.4) is 0 Å². The molecule has 0 amide bonds. The van der Waals surface area contributed by atoms with Crippen molar-refractivity contribution in [3.63, 3.8) is 0 Å². The van der Waals surface area contributed by atoms with Gasteiger partial charge in [0.05, 0.1) is 5.60 Å². The molecule has 0 spiro atoms. The van der Waals surface area contributed by atoms with E-state index in [-0.39, 0.29) is 29.6 Å². The van der Waals surface area contributed by atoms with E-state index in [0.29, 0.717) is 13.1 Å². The Bertz CT molecular complexity index is 590. The maximum Gasteiger partial charge on any atom is 0.191 e. The third-order valence-electron chi connectivity index (χ3n) is 4.94. The van der Waals surface area contributed by atoms with E-state index < -0.39 is 0 Å². The zero-order valence-electron chi connectivity index (χ0n) is 17.5. The van der Waals surface area contributed by atoms with Gasteiger partial charge in [0.15, 0.2) is 11.8 Å². The number of aliphatic imine (C=N–C) groups is 1. The first kappa shape index (κ1) is 25.1. The summed E-state index contributed by atoms with van der Waals surface area (Å²) >= 11 is 0. The van der Waals surface area contributed by atoms with E-state index in [0.717, 1.165) is 69.8 Å². The highest BCUT2D eigenvalue weighted by Crippen LogP contribution is 2.23. The van der Waals surface area contributed by atoms with Crippen molar-refractivity contribution in [3.05, 3.63) is 11.6 Å². The van der Waals surface area contributed by atoms with Crippen molar-refractivity contribution in [1.29, 1.82) is 0 Å². The quantitative estimate of drug-likeness (QED) is 0.213. The molecule has 1 aromatic heterocycles. The number of nitrogens with zero attached hydrogens (tertiary/aromatic N) is 4. The smallest absolute Gasteiger partial charge is 0.191 e. The summed E-state index contributed by atoms with van der Waals surface area (Å²) in [5, 5.41) is 15.1. The van der Waals surface area contributed by atoms with Gasteiger partial charge in [-0.15, -0.1) is 34.2 Å². The van der Waals surface area contributed by atoms with Gasteiger partial charge in [0.25, 0.3) is 0 Å². The third-order valence-corrected chi connectivity index (χ3v) is 4.94. The van der Waals surface area contributed by atoms with Gasteiger partial charge in [0, 0.05) is 66.5 Å². The van der Waals surface area contributed by atoms with Crippen LogP contribution in [-0.2, 0) is 27.8 Å². The third kappa shape index (κ3) is 7.80. The van der Waals surface area contributed by atoms with E-state index in [1.165, 1.54) is 0 Å². The van der Waals surface area contributed by atoms with E-state index in [9.17, 15) is 0 Å². The molecule has 1 saturated heterocycles. The molecule has 28 heavy (non-hydrogen) atoms. The molecule has 0 unspecified atom stereocenters. The van der Waals surface area contributed by atoms with Crippen molar-refractivity contribution in [2.45, 2.75) is 45.3 Å². The summed E-state index contributed by atoms with van der Waals surface area (Å²) in [4.78, 5) is 4.68. The normalized spacial score (nSPS) is 16.5. The van der Waals surface area contributed by atoms with E-state index in [1.54, 1.807) is 7.11 Å². The fraction of sp³-hybridized carbons (Fsp3) is 0.833. The zero-order chi connectivity index (χ0) is 19.5. The number of rotatable bonds is 10. The molecule has 162 valence electrons. The minimum absolute atomic E-state index is 0. The summed E-state index contributed by atoms with van der Waals surface area (Å²) < 4.78 is 18.6. The summed E-state index contributed by atoms with van der Waals surface area (Å²) in [6.45, 7) is 8.78.